The van der Waals surface area contributed by atoms with E-state index in [0.717, 1.165) is 24.3 Å². The first kappa shape index (κ1) is 16.0. The van der Waals surface area contributed by atoms with E-state index in [1.165, 1.54) is 6.07 Å². The van der Waals surface area contributed by atoms with Gasteiger partial charge in [-0.05, 0) is 25.1 Å². The van der Waals surface area contributed by atoms with Gasteiger partial charge in [0.1, 0.15) is 5.76 Å². The monoisotopic (exact) mass is 331 g/mol. The van der Waals surface area contributed by atoms with Crippen LogP contribution in [0.2, 0.25) is 0 Å². The Morgan fingerprint density at radius 1 is 1.33 bits per heavy atom. The van der Waals surface area contributed by atoms with Crippen LogP contribution < -0.4 is 14.9 Å². The first-order valence-electron chi connectivity index (χ1n) is 6.47. The summed E-state index contributed by atoms with van der Waals surface area (Å²) in [5, 5.41) is 4.57. The van der Waals surface area contributed by atoms with Gasteiger partial charge in [-0.1, -0.05) is 18.3 Å². The number of nitrogens with one attached hydrogen (secondary N) is 3. The molecular weight excluding hydrogens is 314 g/mol. The van der Waals surface area contributed by atoms with Crippen LogP contribution in [0, 0.1) is 0 Å². The number of rotatable bonds is 8. The van der Waals surface area contributed by atoms with Crippen LogP contribution in [-0.2, 0) is 23.1 Å². The van der Waals surface area contributed by atoms with E-state index in [9.17, 15) is 13.2 Å². The van der Waals surface area contributed by atoms with E-state index < -0.39 is 10.0 Å². The lowest BCUT2D eigenvalue weighted by molar-refractivity contribution is 0.400. The molecule has 2 aromatic heterocycles. The van der Waals surface area contributed by atoms with E-state index in [0.29, 0.717) is 18.0 Å². The Bertz CT molecular complexity index is 730. The Balaban J connectivity index is 1.97. The van der Waals surface area contributed by atoms with Crippen LogP contribution in [-0.4, -0.2) is 19.9 Å². The van der Waals surface area contributed by atoms with Crippen molar-refractivity contribution >= 4 is 21.4 Å². The molecule has 0 aliphatic heterocycles. The molecule has 0 saturated heterocycles. The third-order valence-electron chi connectivity index (χ3n) is 2.65. The minimum Gasteiger partial charge on any atom is -0.447 e. The number of thiazole rings is 1. The topological polar surface area (TPSA) is 104 Å². The third kappa shape index (κ3) is 4.53. The maximum atomic E-state index is 12.0. The predicted octanol–water partition coefficient (Wildman–Crippen LogP) is 1.01. The van der Waals surface area contributed by atoms with Crippen molar-refractivity contribution in [1.82, 2.24) is 15.0 Å². The van der Waals surface area contributed by atoms with Crippen LogP contribution in [0.15, 0.2) is 31.8 Å². The van der Waals surface area contributed by atoms with Crippen LogP contribution in [0.4, 0.5) is 0 Å². The van der Waals surface area contributed by atoms with Crippen molar-refractivity contribution < 1.29 is 12.8 Å². The molecule has 3 N–H and O–H groups in total. The molecule has 0 fully saturated rings. The number of hydrogen-bond acceptors (Lipinski definition) is 6. The van der Waals surface area contributed by atoms with Crippen LogP contribution >= 0.6 is 11.3 Å². The largest absolute Gasteiger partial charge is 0.447 e. The fraction of sp³-hybridized carbons (Fsp3) is 0.417. The van der Waals surface area contributed by atoms with Gasteiger partial charge in [-0.3, -0.25) is 4.79 Å². The van der Waals surface area contributed by atoms with Gasteiger partial charge in [-0.25, -0.2) is 13.1 Å². The average molecular weight is 331 g/mol. The minimum atomic E-state index is -3.72. The molecule has 7 nitrogen and oxygen atoms in total. The molecule has 0 saturated carbocycles. The van der Waals surface area contributed by atoms with Gasteiger partial charge in [0, 0.05) is 11.1 Å². The zero-order valence-corrected chi connectivity index (χ0v) is 13.1. The van der Waals surface area contributed by atoms with E-state index in [-0.39, 0.29) is 16.5 Å². The normalized spacial score (nSPS) is 11.9. The SMILES string of the molecule is CCCNCc1ccc(S(=O)(=O)NCc2csc(=O)[nH]2)o1. The van der Waals surface area contributed by atoms with Crippen LogP contribution in [0.1, 0.15) is 24.8 Å². The first-order chi connectivity index (χ1) is 10.0. The van der Waals surface area contributed by atoms with E-state index >= 15 is 0 Å². The predicted molar refractivity (Wildman–Crippen MR) is 79.7 cm³/mol. The molecule has 0 aromatic carbocycles. The summed E-state index contributed by atoms with van der Waals surface area (Å²) < 4.78 is 31.8. The van der Waals surface area contributed by atoms with Gasteiger partial charge < -0.3 is 14.7 Å². The molecule has 0 aliphatic rings. The lowest BCUT2D eigenvalue weighted by Gasteiger charge is -2.03. The highest BCUT2D eigenvalue weighted by atomic mass is 32.2. The second-order valence-electron chi connectivity index (χ2n) is 4.40. The highest BCUT2D eigenvalue weighted by Gasteiger charge is 2.18. The van der Waals surface area contributed by atoms with E-state index in [1.807, 2.05) is 6.92 Å². The molecule has 2 rings (SSSR count). The number of H-pyrrole nitrogens is 1. The van der Waals surface area contributed by atoms with Crippen molar-refractivity contribution in [3.63, 3.8) is 0 Å². The number of hydrogen-bond donors (Lipinski definition) is 3. The standard InChI is InChI=1S/C12H17N3O4S2/c1-2-5-13-7-10-3-4-11(19-10)21(17,18)14-6-9-8-20-12(16)15-9/h3-4,8,13-14H,2,5-7H2,1H3,(H,15,16). The summed E-state index contributed by atoms with van der Waals surface area (Å²) in [6.45, 7) is 3.39. The number of aromatic nitrogens is 1. The summed E-state index contributed by atoms with van der Waals surface area (Å²) in [4.78, 5) is 13.3. The Kier molecular flexibility index (Phi) is 5.34. The molecule has 0 bridgehead atoms. The van der Waals surface area contributed by atoms with E-state index in [1.54, 1.807) is 11.4 Å². The minimum absolute atomic E-state index is 0.0190. The van der Waals surface area contributed by atoms with Crippen molar-refractivity contribution in [2.24, 2.45) is 0 Å². The van der Waals surface area contributed by atoms with Gasteiger partial charge in [-0.15, -0.1) is 0 Å². The highest BCUT2D eigenvalue weighted by molar-refractivity contribution is 7.89. The fourth-order valence-corrected chi connectivity index (χ4v) is 3.16. The van der Waals surface area contributed by atoms with Crippen LogP contribution in [0.3, 0.4) is 0 Å². The maximum Gasteiger partial charge on any atom is 0.304 e. The summed E-state index contributed by atoms with van der Waals surface area (Å²) in [5.74, 6) is 0.563. The van der Waals surface area contributed by atoms with Gasteiger partial charge in [0.15, 0.2) is 0 Å². The Labute approximate surface area is 126 Å². The van der Waals surface area contributed by atoms with Crippen LogP contribution in [0.25, 0.3) is 0 Å². The van der Waals surface area contributed by atoms with Gasteiger partial charge in [0.25, 0.3) is 10.0 Å². The molecule has 0 amide bonds. The molecule has 116 valence electrons. The second kappa shape index (κ2) is 7.03. The van der Waals surface area contributed by atoms with Gasteiger partial charge in [0.2, 0.25) is 5.09 Å². The average Bonchev–Trinajstić information content (AvgIpc) is 3.06. The summed E-state index contributed by atoms with van der Waals surface area (Å²) in [7, 11) is -3.72. The first-order valence-corrected chi connectivity index (χ1v) is 8.83. The maximum absolute atomic E-state index is 12.0. The molecule has 0 spiro atoms. The van der Waals surface area contributed by atoms with Crippen molar-refractivity contribution in [1.29, 1.82) is 0 Å². The van der Waals surface area contributed by atoms with Gasteiger partial charge in [0.05, 0.1) is 13.1 Å². The summed E-state index contributed by atoms with van der Waals surface area (Å²) >= 11 is 0.988. The van der Waals surface area contributed by atoms with Crippen molar-refractivity contribution in [3.8, 4) is 0 Å². The molecule has 0 unspecified atom stereocenters. The number of sulfonamides is 1. The van der Waals surface area contributed by atoms with E-state index in [2.05, 4.69) is 15.0 Å². The molecule has 0 aliphatic carbocycles. The molecule has 9 heteroatoms. The lowest BCUT2D eigenvalue weighted by Crippen LogP contribution is -2.23. The Hall–Kier alpha value is -1.42. The molecular formula is C12H17N3O4S2. The summed E-state index contributed by atoms with van der Waals surface area (Å²) in [6.07, 6.45) is 0.992. The molecule has 2 heterocycles. The molecule has 21 heavy (non-hydrogen) atoms. The Morgan fingerprint density at radius 2 is 2.14 bits per heavy atom. The Morgan fingerprint density at radius 3 is 2.81 bits per heavy atom. The number of aromatic amines is 1. The molecule has 0 atom stereocenters. The molecule has 2 aromatic rings. The zero-order chi connectivity index (χ0) is 15.3. The van der Waals surface area contributed by atoms with Gasteiger partial charge in [-0.2, -0.15) is 0 Å². The fourth-order valence-electron chi connectivity index (χ4n) is 1.63. The highest BCUT2D eigenvalue weighted by Crippen LogP contribution is 2.14. The smallest absolute Gasteiger partial charge is 0.304 e. The second-order valence-corrected chi connectivity index (χ2v) is 6.94. The van der Waals surface area contributed by atoms with E-state index in [4.69, 9.17) is 4.42 Å². The number of furan rings is 1. The molecule has 0 radical (unpaired) electrons. The zero-order valence-electron chi connectivity index (χ0n) is 11.5. The van der Waals surface area contributed by atoms with Crippen molar-refractivity contribution in [2.45, 2.75) is 31.5 Å². The quantitative estimate of drug-likeness (QED) is 0.626. The van der Waals surface area contributed by atoms with Crippen molar-refractivity contribution in [2.75, 3.05) is 6.54 Å². The van der Waals surface area contributed by atoms with Crippen LogP contribution in [0.5, 0.6) is 0 Å². The summed E-state index contributed by atoms with van der Waals surface area (Å²) in [5.41, 5.74) is 0.518. The summed E-state index contributed by atoms with van der Waals surface area (Å²) in [6, 6.07) is 3.05. The third-order valence-corrected chi connectivity index (χ3v) is 4.64. The van der Waals surface area contributed by atoms with Crippen molar-refractivity contribution in [3.05, 3.63) is 38.6 Å². The van der Waals surface area contributed by atoms with Gasteiger partial charge >= 0.3 is 4.87 Å². The lowest BCUT2D eigenvalue weighted by atomic mass is 10.4.